The standard InChI is InChI=1S/C62H67FN10O14/c1-4-62(85)42-27-47-57-40(32-73(47)59(82)41(42)34-86-60(62)83)56-44(21-20-39-35(2)43(63)28-45(70-57)55(39)56)68-49(75)15-11-24-71(3)61(84)87-33-37-16-18-38(19-17-37)67-51(77)31-66-58(81)46(26-36-12-7-5-8-13-36)69-52(78)30-65-50(76)29-64-48(74)14-9-6-10-25-72-53(79)22-23-54(72)80/h5,7-8,12-13,16-19,22-23,27-28,44,46,85H,4,6,9-11,14-15,20-21,24-26,29-34H2,1-3H3,(H,64,74)(H,65,76)(H,66,81)(H,67,77)(H,68,75)(H,69,78)/t44-,46-,62-/m0/s1. The summed E-state index contributed by atoms with van der Waals surface area (Å²) in [5.41, 5.74) is 3.25. The number of unbranched alkanes of at least 4 members (excludes halogenated alkanes) is 2. The molecule has 25 heteroatoms. The molecule has 0 spiro atoms. The lowest BCUT2D eigenvalue weighted by Crippen LogP contribution is -2.52. The number of aromatic nitrogens is 2. The predicted molar refractivity (Wildman–Crippen MR) is 311 cm³/mol. The summed E-state index contributed by atoms with van der Waals surface area (Å²) in [6, 6.07) is 16.5. The van der Waals surface area contributed by atoms with Crippen molar-refractivity contribution in [2.24, 2.45) is 0 Å². The van der Waals surface area contributed by atoms with Crippen molar-refractivity contribution in [1.82, 2.24) is 45.9 Å². The Balaban J connectivity index is 0.700. The van der Waals surface area contributed by atoms with Crippen molar-refractivity contribution >= 4 is 75.9 Å². The summed E-state index contributed by atoms with van der Waals surface area (Å²) in [7, 11) is 1.54. The lowest BCUT2D eigenvalue weighted by atomic mass is 9.81. The molecule has 0 radical (unpaired) electrons. The van der Waals surface area contributed by atoms with Gasteiger partial charge in [0.25, 0.3) is 17.4 Å². The molecule has 2 aromatic heterocycles. The topological polar surface area (TPSA) is 323 Å². The third kappa shape index (κ3) is 14.2. The van der Waals surface area contributed by atoms with Crippen LogP contribution in [0, 0.1) is 12.7 Å². The molecule has 7 N–H and O–H groups in total. The van der Waals surface area contributed by atoms with Gasteiger partial charge in [-0.2, -0.15) is 0 Å². The average Bonchev–Trinajstić information content (AvgIpc) is 1.66. The van der Waals surface area contributed by atoms with Crippen LogP contribution in [-0.4, -0.2) is 130 Å². The Morgan fingerprint density at radius 3 is 2.25 bits per heavy atom. The van der Waals surface area contributed by atoms with Crippen LogP contribution in [0.15, 0.2) is 83.7 Å². The van der Waals surface area contributed by atoms with Gasteiger partial charge in [0.15, 0.2) is 5.60 Å². The number of fused-ring (bicyclic) bond motifs is 5. The Morgan fingerprint density at radius 2 is 1.52 bits per heavy atom. The van der Waals surface area contributed by atoms with Gasteiger partial charge < -0.3 is 55.9 Å². The summed E-state index contributed by atoms with van der Waals surface area (Å²) in [4.78, 5) is 148. The molecule has 0 saturated carbocycles. The molecule has 1 aliphatic carbocycles. The van der Waals surface area contributed by atoms with Crippen molar-refractivity contribution < 1.29 is 66.9 Å². The number of hydrogen-bond donors (Lipinski definition) is 7. The number of carbonyl (C=O) groups is 10. The first-order chi connectivity index (χ1) is 41.7. The molecule has 9 rings (SSSR count). The average molecular weight is 1200 g/mol. The van der Waals surface area contributed by atoms with Crippen molar-refractivity contribution in [2.45, 2.75) is 115 Å². The molecule has 9 amide bonds. The largest absolute Gasteiger partial charge is 0.458 e. The summed E-state index contributed by atoms with van der Waals surface area (Å²) >= 11 is 0. The van der Waals surface area contributed by atoms with Crippen molar-refractivity contribution in [3.05, 3.63) is 140 Å². The molecule has 3 aliphatic heterocycles. The summed E-state index contributed by atoms with van der Waals surface area (Å²) in [6.07, 6.45) is 4.69. The van der Waals surface area contributed by atoms with Crippen LogP contribution in [0.3, 0.4) is 0 Å². The molecule has 4 aliphatic rings. The number of carbonyl (C=O) groups excluding carboxylic acids is 10. The molecule has 3 aromatic carbocycles. The Hall–Kier alpha value is -9.65. The number of imide groups is 1. The normalized spacial score (nSPS) is 16.4. The number of halogens is 1. The fraction of sp³-hybridized carbons (Fsp3) is 0.387. The molecule has 87 heavy (non-hydrogen) atoms. The first-order valence-corrected chi connectivity index (χ1v) is 28.8. The highest BCUT2D eigenvalue weighted by Crippen LogP contribution is 2.46. The molecule has 0 fully saturated rings. The summed E-state index contributed by atoms with van der Waals surface area (Å²) in [5.74, 6) is -5.31. The smallest absolute Gasteiger partial charge is 0.409 e. The van der Waals surface area contributed by atoms with Gasteiger partial charge in [0.05, 0.1) is 54.7 Å². The second-order valence-corrected chi connectivity index (χ2v) is 21.8. The maximum Gasteiger partial charge on any atom is 0.409 e. The molecule has 0 saturated heterocycles. The van der Waals surface area contributed by atoms with Gasteiger partial charge in [-0.3, -0.25) is 48.1 Å². The number of esters is 1. The van der Waals surface area contributed by atoms with Gasteiger partial charge in [0.2, 0.25) is 35.4 Å². The number of aryl methyl sites for hydroxylation is 1. The summed E-state index contributed by atoms with van der Waals surface area (Å²) in [6.45, 7) is 2.06. The monoisotopic (exact) mass is 1190 g/mol. The van der Waals surface area contributed by atoms with Crippen LogP contribution in [-0.2, 0) is 90.8 Å². The second-order valence-electron chi connectivity index (χ2n) is 21.8. The van der Waals surface area contributed by atoms with Gasteiger partial charge in [0, 0.05) is 79.8 Å². The lowest BCUT2D eigenvalue weighted by molar-refractivity contribution is -0.172. The fourth-order valence-electron chi connectivity index (χ4n) is 11.2. The number of ether oxygens (including phenoxy) is 2. The number of nitrogens with one attached hydrogen (secondary N) is 6. The molecule has 24 nitrogen and oxygen atoms in total. The molecule has 456 valence electrons. The van der Waals surface area contributed by atoms with E-state index in [9.17, 15) is 57.8 Å². The number of anilines is 1. The van der Waals surface area contributed by atoms with E-state index in [1.807, 2.05) is 0 Å². The van der Waals surface area contributed by atoms with Gasteiger partial charge in [-0.05, 0) is 91.5 Å². The van der Waals surface area contributed by atoms with E-state index < -0.39 is 90.3 Å². The van der Waals surface area contributed by atoms with E-state index in [0.29, 0.717) is 82.3 Å². The summed E-state index contributed by atoms with van der Waals surface area (Å²) in [5, 5.41) is 27.9. The van der Waals surface area contributed by atoms with Gasteiger partial charge >= 0.3 is 12.1 Å². The number of nitrogens with zero attached hydrogens (tertiary/aromatic N) is 4. The number of pyridine rings is 2. The highest BCUT2D eigenvalue weighted by atomic mass is 19.1. The van der Waals surface area contributed by atoms with Crippen LogP contribution in [0.5, 0.6) is 0 Å². The van der Waals surface area contributed by atoms with Crippen LogP contribution in [0.2, 0.25) is 0 Å². The number of amides is 9. The minimum Gasteiger partial charge on any atom is -0.458 e. The molecule has 3 atom stereocenters. The Morgan fingerprint density at radius 1 is 0.816 bits per heavy atom. The first kappa shape index (κ1) is 61.9. The van der Waals surface area contributed by atoms with Crippen LogP contribution in [0.25, 0.3) is 22.3 Å². The van der Waals surface area contributed by atoms with Gasteiger partial charge in [-0.15, -0.1) is 0 Å². The zero-order chi connectivity index (χ0) is 62.1. The maximum absolute atomic E-state index is 15.4. The fourth-order valence-corrected chi connectivity index (χ4v) is 11.2. The third-order valence-corrected chi connectivity index (χ3v) is 16.0. The lowest BCUT2D eigenvalue weighted by Gasteiger charge is -2.31. The molecular weight excluding hydrogens is 1130 g/mol. The quantitative estimate of drug-likeness (QED) is 0.0246. The zero-order valence-corrected chi connectivity index (χ0v) is 48.3. The molecule has 5 heterocycles. The van der Waals surface area contributed by atoms with E-state index in [-0.39, 0.29) is 93.8 Å². The van der Waals surface area contributed by atoms with Crippen molar-refractivity contribution in [1.29, 1.82) is 0 Å². The number of aliphatic hydroxyl groups is 1. The molecule has 0 unspecified atom stereocenters. The van der Waals surface area contributed by atoms with Crippen molar-refractivity contribution in [3.63, 3.8) is 0 Å². The van der Waals surface area contributed by atoms with Crippen LogP contribution < -0.4 is 37.5 Å². The van der Waals surface area contributed by atoms with Crippen LogP contribution >= 0.6 is 0 Å². The third-order valence-electron chi connectivity index (χ3n) is 16.0. The first-order valence-electron chi connectivity index (χ1n) is 28.8. The minimum atomic E-state index is -2.04. The molecule has 5 aromatic rings. The van der Waals surface area contributed by atoms with Crippen LogP contribution in [0.1, 0.15) is 109 Å². The van der Waals surface area contributed by atoms with Crippen molar-refractivity contribution in [3.8, 4) is 11.4 Å². The summed E-state index contributed by atoms with van der Waals surface area (Å²) < 4.78 is 27.7. The second kappa shape index (κ2) is 27.2. The number of rotatable bonds is 25. The Labute approximate surface area is 498 Å². The zero-order valence-electron chi connectivity index (χ0n) is 48.3. The predicted octanol–water partition coefficient (Wildman–Crippen LogP) is 3.18. The van der Waals surface area contributed by atoms with E-state index >= 15 is 4.39 Å². The van der Waals surface area contributed by atoms with Gasteiger partial charge in [0.1, 0.15) is 25.1 Å². The molecule has 0 bridgehead atoms. The van der Waals surface area contributed by atoms with E-state index in [2.05, 4.69) is 31.9 Å². The van der Waals surface area contributed by atoms with Gasteiger partial charge in [-0.1, -0.05) is 55.8 Å². The van der Waals surface area contributed by atoms with E-state index in [1.165, 1.54) is 27.7 Å². The SMILES string of the molecule is CC[C@@]1(O)C(=O)OCc2c1cc1n(c2=O)Cc2c-1nc1cc(F)c(C)c3c1c2[C@@H](NC(=O)CCCN(C)C(=O)OCc1ccc(NC(=O)CNC(=O)[C@H](Cc2ccccc2)NC(=O)CNC(=O)CNC(=O)CCCCCN2C(=O)C=CC2=O)cc1)CC3. The highest BCUT2D eigenvalue weighted by Gasteiger charge is 2.46. The molecular formula is C62H67FN10O14. The van der Waals surface area contributed by atoms with Crippen LogP contribution in [0.4, 0.5) is 14.9 Å². The highest BCUT2D eigenvalue weighted by molar-refractivity contribution is 6.12. The maximum atomic E-state index is 15.4. The minimum absolute atomic E-state index is 0.0346. The van der Waals surface area contributed by atoms with E-state index in [1.54, 1.807) is 81.6 Å². The van der Waals surface area contributed by atoms with Crippen molar-refractivity contribution in [2.75, 3.05) is 45.1 Å². The number of benzene rings is 3. The van der Waals surface area contributed by atoms with Gasteiger partial charge in [-0.25, -0.2) is 19.0 Å². The number of hydrogen-bond acceptors (Lipinski definition) is 15. The van der Waals surface area contributed by atoms with E-state index in [4.69, 9.17) is 14.5 Å². The van der Waals surface area contributed by atoms with E-state index in [0.717, 1.165) is 16.0 Å². The Bertz CT molecular complexity index is 3670. The Kier molecular flexibility index (Phi) is 19.3. The number of cyclic esters (lactones) is 1.